The van der Waals surface area contributed by atoms with Crippen molar-refractivity contribution in [1.29, 1.82) is 5.41 Å². The highest BCUT2D eigenvalue weighted by Gasteiger charge is 2.44. The Morgan fingerprint density at radius 2 is 1.76 bits per heavy atom. The van der Waals surface area contributed by atoms with Crippen molar-refractivity contribution >= 4 is 11.5 Å². The van der Waals surface area contributed by atoms with Gasteiger partial charge in [0, 0.05) is 44.8 Å². The Kier molecular flexibility index (Phi) is 3.85. The number of anilines is 1. The van der Waals surface area contributed by atoms with Crippen molar-refractivity contribution in [3.63, 3.8) is 0 Å². The monoisotopic (exact) mass is 290 g/mol. The highest BCUT2D eigenvalue weighted by Crippen LogP contribution is 2.49. The van der Waals surface area contributed by atoms with Gasteiger partial charge in [-0.1, -0.05) is 0 Å². The maximum atomic E-state index is 13.0. The lowest BCUT2D eigenvalue weighted by molar-refractivity contribution is 0.210. The molecule has 0 unspecified atom stereocenters. The summed E-state index contributed by atoms with van der Waals surface area (Å²) in [6.45, 7) is 5.06. The summed E-state index contributed by atoms with van der Waals surface area (Å²) in [6.07, 6.45) is 3.14. The van der Waals surface area contributed by atoms with E-state index in [9.17, 15) is 4.39 Å². The van der Waals surface area contributed by atoms with Gasteiger partial charge in [-0.2, -0.15) is 0 Å². The van der Waals surface area contributed by atoms with Crippen LogP contribution in [-0.4, -0.2) is 43.5 Å². The number of piperazine rings is 1. The van der Waals surface area contributed by atoms with Gasteiger partial charge in [0.25, 0.3) is 0 Å². The summed E-state index contributed by atoms with van der Waals surface area (Å²) in [5, 5.41) is 7.49. The van der Waals surface area contributed by atoms with Crippen LogP contribution in [0, 0.1) is 16.6 Å². The van der Waals surface area contributed by atoms with E-state index in [0.29, 0.717) is 5.84 Å². The third kappa shape index (κ3) is 3.53. The summed E-state index contributed by atoms with van der Waals surface area (Å²) < 4.78 is 13.0. The zero-order valence-electron chi connectivity index (χ0n) is 12.3. The summed E-state index contributed by atoms with van der Waals surface area (Å²) in [6, 6.07) is 6.74. The van der Waals surface area contributed by atoms with Gasteiger partial charge < -0.3 is 10.6 Å². The standard InChI is InChI=1S/C16H23FN4/c17-13-1-3-14(4-2-13)21-9-7-20(8-10-21)12-16(5-6-16)11-15(18)19/h1-4H,5-12H2,(H3,18,19). The van der Waals surface area contributed by atoms with Crippen LogP contribution in [0.5, 0.6) is 0 Å². The Labute approximate surface area is 125 Å². The molecule has 3 N–H and O–H groups in total. The lowest BCUT2D eigenvalue weighted by atomic mass is 10.0. The van der Waals surface area contributed by atoms with Crippen LogP contribution in [0.25, 0.3) is 0 Å². The van der Waals surface area contributed by atoms with E-state index >= 15 is 0 Å². The number of benzene rings is 1. The van der Waals surface area contributed by atoms with Gasteiger partial charge >= 0.3 is 0 Å². The number of amidine groups is 1. The van der Waals surface area contributed by atoms with Crippen LogP contribution in [0.2, 0.25) is 0 Å². The Hall–Kier alpha value is -1.62. The van der Waals surface area contributed by atoms with Gasteiger partial charge in [-0.15, -0.1) is 0 Å². The van der Waals surface area contributed by atoms with E-state index in [4.69, 9.17) is 11.1 Å². The van der Waals surface area contributed by atoms with Gasteiger partial charge in [0.1, 0.15) is 5.82 Å². The molecule has 1 heterocycles. The van der Waals surface area contributed by atoms with Gasteiger partial charge in [0.2, 0.25) is 0 Å². The molecule has 1 saturated heterocycles. The summed E-state index contributed by atoms with van der Waals surface area (Å²) in [5.74, 6) is 0.134. The van der Waals surface area contributed by atoms with Crippen LogP contribution in [0.4, 0.5) is 10.1 Å². The molecule has 2 fully saturated rings. The number of nitrogens with zero attached hydrogens (tertiary/aromatic N) is 2. The van der Waals surface area contributed by atoms with Crippen molar-refractivity contribution in [1.82, 2.24) is 4.90 Å². The zero-order valence-corrected chi connectivity index (χ0v) is 12.3. The topological polar surface area (TPSA) is 56.4 Å². The first-order valence-electron chi connectivity index (χ1n) is 7.62. The molecule has 1 aromatic carbocycles. The summed E-state index contributed by atoms with van der Waals surface area (Å²) >= 11 is 0. The van der Waals surface area contributed by atoms with Crippen molar-refractivity contribution in [2.24, 2.45) is 11.1 Å². The predicted molar refractivity (Wildman–Crippen MR) is 83.3 cm³/mol. The van der Waals surface area contributed by atoms with Crippen molar-refractivity contribution in [3.8, 4) is 0 Å². The second-order valence-corrected chi connectivity index (χ2v) is 6.44. The maximum Gasteiger partial charge on any atom is 0.123 e. The van der Waals surface area contributed by atoms with Gasteiger partial charge in [-0.25, -0.2) is 4.39 Å². The lowest BCUT2D eigenvalue weighted by Gasteiger charge is -2.37. The number of nitrogens with two attached hydrogens (primary N) is 1. The van der Waals surface area contributed by atoms with Crippen molar-refractivity contribution in [3.05, 3.63) is 30.1 Å². The van der Waals surface area contributed by atoms with E-state index in [-0.39, 0.29) is 11.2 Å². The van der Waals surface area contributed by atoms with Crippen molar-refractivity contribution in [2.45, 2.75) is 19.3 Å². The van der Waals surface area contributed by atoms with Gasteiger partial charge in [-0.05, 0) is 42.5 Å². The third-order valence-electron chi connectivity index (χ3n) is 4.65. The van der Waals surface area contributed by atoms with E-state index < -0.39 is 0 Å². The second-order valence-electron chi connectivity index (χ2n) is 6.44. The number of hydrogen-bond donors (Lipinski definition) is 2. The van der Waals surface area contributed by atoms with Crippen LogP contribution < -0.4 is 10.6 Å². The number of halogens is 1. The van der Waals surface area contributed by atoms with Crippen LogP contribution in [0.1, 0.15) is 19.3 Å². The molecule has 2 aliphatic rings. The molecule has 21 heavy (non-hydrogen) atoms. The largest absolute Gasteiger partial charge is 0.388 e. The summed E-state index contributed by atoms with van der Waals surface area (Å²) in [4.78, 5) is 4.79. The quantitative estimate of drug-likeness (QED) is 0.644. The Morgan fingerprint density at radius 1 is 1.14 bits per heavy atom. The Bertz CT molecular complexity index is 502. The molecule has 114 valence electrons. The summed E-state index contributed by atoms with van der Waals surface area (Å²) in [7, 11) is 0. The maximum absolute atomic E-state index is 13.0. The molecule has 0 radical (unpaired) electrons. The highest BCUT2D eigenvalue weighted by molar-refractivity contribution is 5.78. The lowest BCUT2D eigenvalue weighted by Crippen LogP contribution is -2.48. The first kappa shape index (κ1) is 14.3. The van der Waals surface area contributed by atoms with Gasteiger partial charge in [0.05, 0.1) is 5.84 Å². The number of nitrogens with one attached hydrogen (secondary N) is 1. The second kappa shape index (κ2) is 5.64. The van der Waals surface area contributed by atoms with E-state index in [1.165, 1.54) is 25.0 Å². The predicted octanol–water partition coefficient (Wildman–Crippen LogP) is 2.05. The molecule has 1 aliphatic heterocycles. The molecule has 0 spiro atoms. The molecule has 3 rings (SSSR count). The summed E-state index contributed by atoms with van der Waals surface area (Å²) in [5.41, 5.74) is 6.94. The minimum absolute atomic E-state index is 0.183. The first-order valence-corrected chi connectivity index (χ1v) is 7.62. The van der Waals surface area contributed by atoms with Gasteiger partial charge in [-0.3, -0.25) is 10.3 Å². The SMILES string of the molecule is N=C(N)CC1(CN2CCN(c3ccc(F)cc3)CC2)CC1. The first-order chi connectivity index (χ1) is 10.1. The smallest absolute Gasteiger partial charge is 0.123 e. The van der Waals surface area contributed by atoms with Gasteiger partial charge in [0.15, 0.2) is 0 Å². The van der Waals surface area contributed by atoms with E-state index in [1.54, 1.807) is 0 Å². The van der Waals surface area contributed by atoms with Crippen LogP contribution in [-0.2, 0) is 0 Å². The fourth-order valence-corrected chi connectivity index (χ4v) is 3.26. The van der Waals surface area contributed by atoms with Crippen molar-refractivity contribution in [2.75, 3.05) is 37.6 Å². The molecule has 1 aromatic rings. The number of hydrogen-bond acceptors (Lipinski definition) is 3. The minimum Gasteiger partial charge on any atom is -0.388 e. The fourth-order valence-electron chi connectivity index (χ4n) is 3.26. The minimum atomic E-state index is -0.183. The third-order valence-corrected chi connectivity index (χ3v) is 4.65. The molecule has 0 bridgehead atoms. The average molecular weight is 290 g/mol. The Balaban J connectivity index is 1.51. The van der Waals surface area contributed by atoms with E-state index in [2.05, 4.69) is 9.80 Å². The Morgan fingerprint density at radius 3 is 2.29 bits per heavy atom. The molecule has 0 atom stereocenters. The molecule has 5 heteroatoms. The molecule has 0 amide bonds. The average Bonchev–Trinajstić information content (AvgIpc) is 3.19. The molecule has 0 aromatic heterocycles. The van der Waals surface area contributed by atoms with Crippen LogP contribution in [0.15, 0.2) is 24.3 Å². The highest BCUT2D eigenvalue weighted by atomic mass is 19.1. The number of rotatable bonds is 5. The fraction of sp³-hybridized carbons (Fsp3) is 0.562. The van der Waals surface area contributed by atoms with E-state index in [0.717, 1.165) is 44.8 Å². The van der Waals surface area contributed by atoms with Crippen molar-refractivity contribution < 1.29 is 4.39 Å². The molecular weight excluding hydrogens is 267 g/mol. The van der Waals surface area contributed by atoms with E-state index in [1.807, 2.05) is 12.1 Å². The van der Waals surface area contributed by atoms with Crippen LogP contribution in [0.3, 0.4) is 0 Å². The molecule has 1 aliphatic carbocycles. The molecular formula is C16H23FN4. The molecule has 4 nitrogen and oxygen atoms in total. The van der Waals surface area contributed by atoms with Crippen LogP contribution >= 0.6 is 0 Å². The normalized spacial score (nSPS) is 21.3. The molecule has 1 saturated carbocycles. The zero-order chi connectivity index (χ0) is 14.9.